The molecule has 9 heavy (non-hydrogen) atoms. The summed E-state index contributed by atoms with van der Waals surface area (Å²) in [5.41, 5.74) is 0. The first-order valence-electron chi connectivity index (χ1n) is 3.12. The van der Waals surface area contributed by atoms with E-state index in [2.05, 4.69) is 4.74 Å². The molecule has 0 aliphatic carbocycles. The average Bonchev–Trinajstić information content (AvgIpc) is 1.78. The summed E-state index contributed by atoms with van der Waals surface area (Å²) in [5, 5.41) is 0. The highest BCUT2D eigenvalue weighted by molar-refractivity contribution is 4.64. The van der Waals surface area contributed by atoms with Gasteiger partial charge in [-0.15, -0.1) is 0 Å². The van der Waals surface area contributed by atoms with Crippen molar-refractivity contribution in [1.82, 2.24) is 0 Å². The molecule has 0 N–H and O–H groups in total. The highest BCUT2D eigenvalue weighted by Gasteiger charge is 2.34. The van der Waals surface area contributed by atoms with Crippen LogP contribution in [0.5, 0.6) is 0 Å². The maximum absolute atomic E-state index is 12.2. The van der Waals surface area contributed by atoms with Gasteiger partial charge in [0, 0.05) is 6.42 Å². The molecule has 1 rings (SSSR count). The van der Waals surface area contributed by atoms with Crippen LogP contribution >= 0.6 is 0 Å². The van der Waals surface area contributed by atoms with Crippen LogP contribution in [0.2, 0.25) is 0 Å². The standard InChI is InChI=1S/C6H10F2O/c1-5-2-3-6(7,8)9-4-5/h5H,2-4H2,1H3/t5-/m1/s1. The third kappa shape index (κ3) is 1.90. The molecule has 1 heterocycles. The number of ether oxygens (including phenoxy) is 1. The zero-order valence-corrected chi connectivity index (χ0v) is 5.36. The van der Waals surface area contributed by atoms with Crippen LogP contribution in [0.25, 0.3) is 0 Å². The van der Waals surface area contributed by atoms with Crippen LogP contribution in [0, 0.1) is 5.92 Å². The van der Waals surface area contributed by atoms with E-state index in [0.29, 0.717) is 12.3 Å². The Bertz CT molecular complexity index is 93.2. The van der Waals surface area contributed by atoms with E-state index in [-0.39, 0.29) is 13.0 Å². The van der Waals surface area contributed by atoms with Gasteiger partial charge < -0.3 is 4.74 Å². The summed E-state index contributed by atoms with van der Waals surface area (Å²) in [4.78, 5) is 0. The molecule has 0 aromatic heterocycles. The zero-order valence-electron chi connectivity index (χ0n) is 5.36. The van der Waals surface area contributed by atoms with E-state index in [1.54, 1.807) is 0 Å². The van der Waals surface area contributed by atoms with Crippen molar-refractivity contribution in [1.29, 1.82) is 0 Å². The Labute approximate surface area is 53.0 Å². The predicted molar refractivity (Wildman–Crippen MR) is 29.3 cm³/mol. The molecule has 1 fully saturated rings. The first kappa shape index (κ1) is 6.93. The maximum Gasteiger partial charge on any atom is 0.355 e. The summed E-state index contributed by atoms with van der Waals surface area (Å²) in [7, 11) is 0. The van der Waals surface area contributed by atoms with Crippen molar-refractivity contribution < 1.29 is 13.5 Å². The van der Waals surface area contributed by atoms with Crippen molar-refractivity contribution in [2.75, 3.05) is 6.61 Å². The highest BCUT2D eigenvalue weighted by atomic mass is 19.3. The van der Waals surface area contributed by atoms with E-state index < -0.39 is 6.11 Å². The number of alkyl halides is 2. The topological polar surface area (TPSA) is 9.23 Å². The molecule has 1 aliphatic heterocycles. The highest BCUT2D eigenvalue weighted by Crippen LogP contribution is 2.29. The fourth-order valence-corrected chi connectivity index (χ4v) is 0.834. The lowest BCUT2D eigenvalue weighted by Gasteiger charge is -2.25. The van der Waals surface area contributed by atoms with Gasteiger partial charge in [-0.2, -0.15) is 8.78 Å². The van der Waals surface area contributed by atoms with Gasteiger partial charge in [-0.1, -0.05) is 6.92 Å². The van der Waals surface area contributed by atoms with Gasteiger partial charge >= 0.3 is 6.11 Å². The van der Waals surface area contributed by atoms with Crippen molar-refractivity contribution in [3.8, 4) is 0 Å². The van der Waals surface area contributed by atoms with Gasteiger partial charge in [0.25, 0.3) is 0 Å². The lowest BCUT2D eigenvalue weighted by Crippen LogP contribution is -2.29. The van der Waals surface area contributed by atoms with Crippen LogP contribution in [-0.4, -0.2) is 12.7 Å². The Balaban J connectivity index is 2.35. The second-order valence-corrected chi connectivity index (χ2v) is 2.59. The van der Waals surface area contributed by atoms with E-state index in [1.165, 1.54) is 0 Å². The lowest BCUT2D eigenvalue weighted by molar-refractivity contribution is -0.266. The van der Waals surface area contributed by atoms with Crippen LogP contribution in [0.3, 0.4) is 0 Å². The van der Waals surface area contributed by atoms with Gasteiger partial charge in [-0.3, -0.25) is 0 Å². The molecule has 0 amide bonds. The van der Waals surface area contributed by atoms with Crippen molar-refractivity contribution in [2.45, 2.75) is 25.9 Å². The molecular formula is C6H10F2O. The quantitative estimate of drug-likeness (QED) is 0.495. The van der Waals surface area contributed by atoms with Gasteiger partial charge in [-0.25, -0.2) is 0 Å². The van der Waals surface area contributed by atoms with E-state index in [1.807, 2.05) is 6.92 Å². The number of halogens is 2. The molecule has 1 nitrogen and oxygen atoms in total. The Morgan fingerprint density at radius 1 is 1.56 bits per heavy atom. The van der Waals surface area contributed by atoms with Crippen molar-refractivity contribution >= 4 is 0 Å². The molecule has 0 aromatic carbocycles. The summed E-state index contributed by atoms with van der Waals surface area (Å²) >= 11 is 0. The Morgan fingerprint density at radius 3 is 2.56 bits per heavy atom. The summed E-state index contributed by atoms with van der Waals surface area (Å²) in [6, 6.07) is 0. The molecule has 1 atom stereocenters. The molecule has 0 unspecified atom stereocenters. The molecule has 0 spiro atoms. The minimum absolute atomic E-state index is 0.117. The molecule has 54 valence electrons. The second kappa shape index (κ2) is 2.21. The van der Waals surface area contributed by atoms with Gasteiger partial charge in [-0.05, 0) is 12.3 Å². The number of hydrogen-bond acceptors (Lipinski definition) is 1. The predicted octanol–water partition coefficient (Wildman–Crippen LogP) is 2.03. The Hall–Kier alpha value is -0.180. The molecule has 1 aliphatic rings. The smallest absolute Gasteiger partial charge is 0.320 e. The molecule has 1 saturated heterocycles. The van der Waals surface area contributed by atoms with Gasteiger partial charge in [0.15, 0.2) is 0 Å². The van der Waals surface area contributed by atoms with E-state index >= 15 is 0 Å². The third-order valence-corrected chi connectivity index (χ3v) is 1.51. The molecule has 0 bridgehead atoms. The molecule has 0 aromatic rings. The molecule has 0 saturated carbocycles. The monoisotopic (exact) mass is 136 g/mol. The Morgan fingerprint density at radius 2 is 2.22 bits per heavy atom. The van der Waals surface area contributed by atoms with Crippen molar-refractivity contribution in [3.63, 3.8) is 0 Å². The third-order valence-electron chi connectivity index (χ3n) is 1.51. The Kier molecular flexibility index (Phi) is 1.70. The van der Waals surface area contributed by atoms with Crippen molar-refractivity contribution in [2.24, 2.45) is 5.92 Å². The summed E-state index contributed by atoms with van der Waals surface area (Å²) in [5.74, 6) is 0.296. The largest absolute Gasteiger partial charge is 0.355 e. The number of rotatable bonds is 0. The first-order valence-corrected chi connectivity index (χ1v) is 3.12. The summed E-state index contributed by atoms with van der Waals surface area (Å²) in [6.45, 7) is 2.11. The summed E-state index contributed by atoms with van der Waals surface area (Å²) < 4.78 is 28.6. The minimum Gasteiger partial charge on any atom is -0.320 e. The maximum atomic E-state index is 12.2. The minimum atomic E-state index is -2.84. The fourth-order valence-electron chi connectivity index (χ4n) is 0.834. The SMILES string of the molecule is C[C@@H]1CCC(F)(F)OC1. The van der Waals surface area contributed by atoms with Gasteiger partial charge in [0.1, 0.15) is 0 Å². The van der Waals surface area contributed by atoms with Crippen LogP contribution in [0.4, 0.5) is 8.78 Å². The fraction of sp³-hybridized carbons (Fsp3) is 1.00. The van der Waals surface area contributed by atoms with E-state index in [0.717, 1.165) is 0 Å². The first-order chi connectivity index (χ1) is 4.10. The average molecular weight is 136 g/mol. The van der Waals surface area contributed by atoms with Crippen molar-refractivity contribution in [3.05, 3.63) is 0 Å². The lowest BCUT2D eigenvalue weighted by atomic mass is 10.0. The van der Waals surface area contributed by atoms with E-state index in [9.17, 15) is 8.78 Å². The molecule has 0 radical (unpaired) electrons. The van der Waals surface area contributed by atoms with Crippen LogP contribution in [-0.2, 0) is 4.74 Å². The normalized spacial score (nSPS) is 34.3. The van der Waals surface area contributed by atoms with Crippen LogP contribution in [0.1, 0.15) is 19.8 Å². The summed E-state index contributed by atoms with van der Waals surface area (Å²) in [6.07, 6.45) is -2.38. The number of hydrogen-bond donors (Lipinski definition) is 0. The van der Waals surface area contributed by atoms with Crippen LogP contribution in [0.15, 0.2) is 0 Å². The van der Waals surface area contributed by atoms with Gasteiger partial charge in [0.2, 0.25) is 0 Å². The molecular weight excluding hydrogens is 126 g/mol. The van der Waals surface area contributed by atoms with E-state index in [4.69, 9.17) is 0 Å². The second-order valence-electron chi connectivity index (χ2n) is 2.59. The molecule has 3 heteroatoms. The van der Waals surface area contributed by atoms with Gasteiger partial charge in [0.05, 0.1) is 6.61 Å². The zero-order chi connectivity index (χ0) is 6.91. The van der Waals surface area contributed by atoms with Crippen LogP contribution < -0.4 is 0 Å².